The van der Waals surface area contributed by atoms with Crippen molar-refractivity contribution in [2.24, 2.45) is 0 Å². The van der Waals surface area contributed by atoms with Gasteiger partial charge in [0.05, 0.1) is 6.61 Å². The van der Waals surface area contributed by atoms with E-state index in [0.29, 0.717) is 0 Å². The molecule has 6 nitrogen and oxygen atoms in total. The Morgan fingerprint density at radius 3 is 2.33 bits per heavy atom. The van der Waals surface area contributed by atoms with E-state index >= 15 is 0 Å². The van der Waals surface area contributed by atoms with Gasteiger partial charge in [-0.15, -0.1) is 6.58 Å². The van der Waals surface area contributed by atoms with Gasteiger partial charge in [-0.05, 0) is 0 Å². The molecule has 0 aromatic rings. The van der Waals surface area contributed by atoms with Crippen LogP contribution in [0.3, 0.4) is 0 Å². The number of rotatable bonds is 3. The fourth-order valence-electron chi connectivity index (χ4n) is 1.60. The molecule has 0 aromatic carbocycles. The molecular weight excluding hydrogens is 204 g/mol. The van der Waals surface area contributed by atoms with Crippen molar-refractivity contribution >= 4 is 0 Å². The molecule has 0 saturated carbocycles. The number of hydrogen-bond donors (Lipinski definition) is 5. The van der Waals surface area contributed by atoms with Gasteiger partial charge in [0.15, 0.2) is 5.79 Å². The highest BCUT2D eigenvalue weighted by Crippen LogP contribution is 2.30. The molecule has 1 saturated heterocycles. The maximum Gasteiger partial charge on any atom is 0.198 e. The molecule has 6 heteroatoms. The molecule has 0 amide bonds. The summed E-state index contributed by atoms with van der Waals surface area (Å²) in [5.41, 5.74) is 0. The topological polar surface area (TPSA) is 110 Å². The molecule has 1 fully saturated rings. The minimum absolute atomic E-state index is 0.117. The Bertz CT molecular complexity index is 231. The van der Waals surface area contributed by atoms with Gasteiger partial charge in [0.25, 0.3) is 0 Å². The lowest BCUT2D eigenvalue weighted by molar-refractivity contribution is -0.347. The minimum Gasteiger partial charge on any atom is -0.394 e. The van der Waals surface area contributed by atoms with Crippen molar-refractivity contribution in [3.05, 3.63) is 12.7 Å². The van der Waals surface area contributed by atoms with Crippen molar-refractivity contribution in [2.45, 2.75) is 36.6 Å². The summed E-state index contributed by atoms with van der Waals surface area (Å²) >= 11 is 0. The normalized spacial score (nSPS) is 46.5. The molecule has 0 radical (unpaired) electrons. The Balaban J connectivity index is 2.86. The quantitative estimate of drug-likeness (QED) is 0.343. The molecule has 0 aromatic heterocycles. The summed E-state index contributed by atoms with van der Waals surface area (Å²) in [4.78, 5) is 0. The van der Waals surface area contributed by atoms with E-state index in [1.807, 2.05) is 0 Å². The second-order valence-corrected chi connectivity index (χ2v) is 3.60. The van der Waals surface area contributed by atoms with Crippen LogP contribution < -0.4 is 0 Å². The van der Waals surface area contributed by atoms with Crippen molar-refractivity contribution in [1.29, 1.82) is 0 Å². The first-order chi connectivity index (χ1) is 6.96. The smallest absolute Gasteiger partial charge is 0.198 e. The average Bonchev–Trinajstić information content (AvgIpc) is 2.21. The number of hydrogen-bond acceptors (Lipinski definition) is 6. The van der Waals surface area contributed by atoms with Crippen LogP contribution in [0.25, 0.3) is 0 Å². The maximum atomic E-state index is 9.80. The van der Waals surface area contributed by atoms with E-state index in [1.54, 1.807) is 0 Å². The summed E-state index contributed by atoms with van der Waals surface area (Å²) in [7, 11) is 0. The zero-order valence-corrected chi connectivity index (χ0v) is 8.15. The van der Waals surface area contributed by atoms with Crippen LogP contribution in [0.4, 0.5) is 0 Å². The second kappa shape index (κ2) is 4.56. The number of aliphatic hydroxyl groups is 5. The third-order valence-electron chi connectivity index (χ3n) is 2.49. The first-order valence-electron chi connectivity index (χ1n) is 4.62. The molecule has 88 valence electrons. The van der Waals surface area contributed by atoms with E-state index in [9.17, 15) is 20.4 Å². The van der Waals surface area contributed by atoms with E-state index in [4.69, 9.17) is 9.84 Å². The first-order valence-corrected chi connectivity index (χ1v) is 4.62. The van der Waals surface area contributed by atoms with Crippen LogP contribution >= 0.6 is 0 Å². The van der Waals surface area contributed by atoms with Crippen LogP contribution in [0.15, 0.2) is 12.7 Å². The van der Waals surface area contributed by atoms with Crippen LogP contribution in [0.5, 0.6) is 0 Å². The number of ether oxygens (including phenoxy) is 1. The maximum absolute atomic E-state index is 9.80. The molecular formula is C9H16O6. The lowest BCUT2D eigenvalue weighted by Gasteiger charge is -2.45. The molecule has 5 N–H and O–H groups in total. The first kappa shape index (κ1) is 12.6. The van der Waals surface area contributed by atoms with Crippen LogP contribution in [0, 0.1) is 0 Å². The van der Waals surface area contributed by atoms with E-state index in [-0.39, 0.29) is 6.42 Å². The van der Waals surface area contributed by atoms with Crippen molar-refractivity contribution in [3.63, 3.8) is 0 Å². The second-order valence-electron chi connectivity index (χ2n) is 3.60. The summed E-state index contributed by atoms with van der Waals surface area (Å²) in [6.07, 6.45) is -4.59. The SMILES string of the molecule is C=CC[C@]1(O)O[C@H](CO)[C@@H](O)[C@@H](O)[C@H]1O. The minimum atomic E-state index is -2.02. The fraction of sp³-hybridized carbons (Fsp3) is 0.778. The molecule has 0 bridgehead atoms. The van der Waals surface area contributed by atoms with Gasteiger partial charge in [0.1, 0.15) is 24.4 Å². The molecule has 0 unspecified atom stereocenters. The summed E-state index contributed by atoms with van der Waals surface area (Å²) < 4.78 is 4.93. The fourth-order valence-corrected chi connectivity index (χ4v) is 1.60. The third-order valence-corrected chi connectivity index (χ3v) is 2.49. The summed E-state index contributed by atoms with van der Waals surface area (Å²) in [5.74, 6) is -2.02. The summed E-state index contributed by atoms with van der Waals surface area (Å²) in [6, 6.07) is 0. The molecule has 1 heterocycles. The lowest BCUT2D eigenvalue weighted by Crippen LogP contribution is -2.64. The van der Waals surface area contributed by atoms with Gasteiger partial charge in [0, 0.05) is 6.42 Å². The van der Waals surface area contributed by atoms with Gasteiger partial charge >= 0.3 is 0 Å². The largest absolute Gasteiger partial charge is 0.394 e. The zero-order valence-electron chi connectivity index (χ0n) is 8.15. The Morgan fingerprint density at radius 1 is 1.27 bits per heavy atom. The predicted octanol–water partition coefficient (Wildman–Crippen LogP) is -2.28. The van der Waals surface area contributed by atoms with E-state index in [0.717, 1.165) is 0 Å². The highest BCUT2D eigenvalue weighted by molar-refractivity contribution is 4.98. The molecule has 0 aliphatic carbocycles. The van der Waals surface area contributed by atoms with E-state index < -0.39 is 36.8 Å². The van der Waals surface area contributed by atoms with Gasteiger partial charge in [-0.1, -0.05) is 6.08 Å². The highest BCUT2D eigenvalue weighted by atomic mass is 16.7. The number of aliphatic hydroxyl groups excluding tert-OH is 4. The Kier molecular flexibility index (Phi) is 3.82. The highest BCUT2D eigenvalue weighted by Gasteiger charge is 2.51. The Labute approximate surface area is 87.0 Å². The third kappa shape index (κ3) is 2.20. The van der Waals surface area contributed by atoms with Gasteiger partial charge in [-0.25, -0.2) is 0 Å². The zero-order chi connectivity index (χ0) is 11.6. The van der Waals surface area contributed by atoms with Gasteiger partial charge in [-0.2, -0.15) is 0 Å². The average molecular weight is 220 g/mol. The van der Waals surface area contributed by atoms with Crippen LogP contribution in [-0.4, -0.2) is 62.3 Å². The monoisotopic (exact) mass is 220 g/mol. The van der Waals surface area contributed by atoms with Crippen molar-refractivity contribution in [2.75, 3.05) is 6.61 Å². The van der Waals surface area contributed by atoms with Crippen molar-refractivity contribution < 1.29 is 30.3 Å². The van der Waals surface area contributed by atoms with Crippen LogP contribution in [0.2, 0.25) is 0 Å². The van der Waals surface area contributed by atoms with E-state index in [1.165, 1.54) is 6.08 Å². The van der Waals surface area contributed by atoms with Gasteiger partial charge in [-0.3, -0.25) is 0 Å². The molecule has 1 rings (SSSR count). The molecule has 0 spiro atoms. The predicted molar refractivity (Wildman–Crippen MR) is 49.7 cm³/mol. The molecule has 5 atom stereocenters. The van der Waals surface area contributed by atoms with Gasteiger partial charge in [0.2, 0.25) is 0 Å². The summed E-state index contributed by atoms with van der Waals surface area (Å²) in [5, 5.41) is 47.0. The Hall–Kier alpha value is -0.500. The van der Waals surface area contributed by atoms with E-state index in [2.05, 4.69) is 6.58 Å². The standard InChI is InChI=1S/C9H16O6/c1-2-3-9(14)8(13)7(12)6(11)5(4-10)15-9/h2,5-8,10-14H,1,3-4H2/t5-,6-,7-,8-,9+/m1/s1. The van der Waals surface area contributed by atoms with Crippen molar-refractivity contribution in [3.8, 4) is 0 Å². The lowest BCUT2D eigenvalue weighted by atomic mass is 9.91. The molecule has 1 aliphatic heterocycles. The molecule has 1 aliphatic rings. The van der Waals surface area contributed by atoms with Crippen LogP contribution in [-0.2, 0) is 4.74 Å². The van der Waals surface area contributed by atoms with Crippen LogP contribution in [0.1, 0.15) is 6.42 Å². The molecule has 15 heavy (non-hydrogen) atoms. The summed E-state index contributed by atoms with van der Waals surface area (Å²) in [6.45, 7) is 2.81. The van der Waals surface area contributed by atoms with Gasteiger partial charge < -0.3 is 30.3 Å². The Morgan fingerprint density at radius 2 is 1.87 bits per heavy atom. The van der Waals surface area contributed by atoms with Crippen molar-refractivity contribution in [1.82, 2.24) is 0 Å².